The lowest BCUT2D eigenvalue weighted by atomic mass is 9.86. The van der Waals surface area contributed by atoms with Crippen LogP contribution < -0.4 is 0 Å². The number of carbonyl (C=O) groups is 1. The lowest BCUT2D eigenvalue weighted by Crippen LogP contribution is -2.29. The van der Waals surface area contributed by atoms with Crippen LogP contribution in [0, 0.1) is 5.41 Å². The van der Waals surface area contributed by atoms with Crippen LogP contribution in [-0.4, -0.2) is 29.1 Å². The highest BCUT2D eigenvalue weighted by Gasteiger charge is 2.37. The summed E-state index contributed by atoms with van der Waals surface area (Å²) in [6.45, 7) is 6.13. The molecule has 3 nitrogen and oxygen atoms in total. The van der Waals surface area contributed by atoms with Gasteiger partial charge >= 0.3 is 5.97 Å². The van der Waals surface area contributed by atoms with Gasteiger partial charge in [0.25, 0.3) is 0 Å². The van der Waals surface area contributed by atoms with Gasteiger partial charge in [-0.15, -0.1) is 0 Å². The minimum Gasteiger partial charge on any atom is -0.481 e. The second kappa shape index (κ2) is 5.11. The van der Waals surface area contributed by atoms with Gasteiger partial charge in [-0.1, -0.05) is 37.3 Å². The summed E-state index contributed by atoms with van der Waals surface area (Å²) in [5.41, 5.74) is 1.23. The number of hydrogen-bond donors (Lipinski definition) is 1. The Kier molecular flexibility index (Phi) is 3.71. The number of aliphatic carboxylic acids is 1. The monoisotopic (exact) mass is 247 g/mol. The van der Waals surface area contributed by atoms with Crippen LogP contribution in [0.15, 0.2) is 30.3 Å². The second-order valence-electron chi connectivity index (χ2n) is 5.69. The first-order valence-electron chi connectivity index (χ1n) is 6.51. The molecule has 98 valence electrons. The van der Waals surface area contributed by atoms with Gasteiger partial charge in [0.05, 0.1) is 6.42 Å². The molecule has 1 N–H and O–H groups in total. The van der Waals surface area contributed by atoms with Crippen LogP contribution in [-0.2, 0) is 4.79 Å². The minimum atomic E-state index is -0.688. The van der Waals surface area contributed by atoms with Crippen molar-refractivity contribution in [1.29, 1.82) is 0 Å². The zero-order chi connectivity index (χ0) is 13.2. The molecular formula is C15H21NO2. The summed E-state index contributed by atoms with van der Waals surface area (Å²) in [6.07, 6.45) is 1.24. The summed E-state index contributed by atoms with van der Waals surface area (Å²) < 4.78 is 0. The van der Waals surface area contributed by atoms with Gasteiger partial charge in [-0.05, 0) is 30.9 Å². The maximum Gasteiger partial charge on any atom is 0.303 e. The van der Waals surface area contributed by atoms with Crippen molar-refractivity contribution in [1.82, 2.24) is 4.90 Å². The fourth-order valence-electron chi connectivity index (χ4n) is 2.84. The number of likely N-dealkylation sites (tertiary alicyclic amines) is 1. The van der Waals surface area contributed by atoms with E-state index in [0.29, 0.717) is 6.04 Å². The van der Waals surface area contributed by atoms with E-state index in [1.165, 1.54) is 5.56 Å². The van der Waals surface area contributed by atoms with Gasteiger partial charge in [0.2, 0.25) is 0 Å². The van der Waals surface area contributed by atoms with E-state index >= 15 is 0 Å². The smallest absolute Gasteiger partial charge is 0.303 e. The van der Waals surface area contributed by atoms with Crippen molar-refractivity contribution in [2.75, 3.05) is 13.1 Å². The van der Waals surface area contributed by atoms with Crippen molar-refractivity contribution in [3.63, 3.8) is 0 Å². The van der Waals surface area contributed by atoms with Gasteiger partial charge in [0.1, 0.15) is 0 Å². The van der Waals surface area contributed by atoms with E-state index in [0.717, 1.165) is 19.5 Å². The zero-order valence-corrected chi connectivity index (χ0v) is 11.1. The van der Waals surface area contributed by atoms with Crippen molar-refractivity contribution in [3.05, 3.63) is 35.9 Å². The summed E-state index contributed by atoms with van der Waals surface area (Å²) in [5.74, 6) is -0.688. The predicted octanol–water partition coefficient (Wildman–Crippen LogP) is 2.93. The van der Waals surface area contributed by atoms with Crippen LogP contribution in [0.5, 0.6) is 0 Å². The highest BCUT2D eigenvalue weighted by molar-refractivity contribution is 5.67. The molecule has 0 saturated carbocycles. The van der Waals surface area contributed by atoms with Crippen LogP contribution >= 0.6 is 0 Å². The normalized spacial score (nSPS) is 26.1. The van der Waals surface area contributed by atoms with E-state index in [-0.39, 0.29) is 11.8 Å². The number of carboxylic acid groups (broad SMARTS) is 1. The van der Waals surface area contributed by atoms with Gasteiger partial charge in [-0.2, -0.15) is 0 Å². The van der Waals surface area contributed by atoms with Gasteiger partial charge in [-0.25, -0.2) is 0 Å². The molecule has 0 amide bonds. The van der Waals surface area contributed by atoms with Crippen LogP contribution in [0.2, 0.25) is 0 Å². The van der Waals surface area contributed by atoms with Gasteiger partial charge in [-0.3, -0.25) is 9.69 Å². The number of hydrogen-bond acceptors (Lipinski definition) is 2. The van der Waals surface area contributed by atoms with E-state index in [2.05, 4.69) is 43.0 Å². The fraction of sp³-hybridized carbons (Fsp3) is 0.533. The molecule has 2 atom stereocenters. The molecule has 3 heteroatoms. The van der Waals surface area contributed by atoms with Crippen molar-refractivity contribution >= 4 is 5.97 Å². The van der Waals surface area contributed by atoms with Crippen molar-refractivity contribution in [3.8, 4) is 0 Å². The fourth-order valence-corrected chi connectivity index (χ4v) is 2.84. The van der Waals surface area contributed by atoms with Gasteiger partial charge in [0, 0.05) is 12.6 Å². The first-order chi connectivity index (χ1) is 8.50. The number of benzene rings is 1. The summed E-state index contributed by atoms with van der Waals surface area (Å²) in [5, 5.41) is 8.96. The van der Waals surface area contributed by atoms with Crippen LogP contribution in [0.1, 0.15) is 38.3 Å². The van der Waals surface area contributed by atoms with Crippen molar-refractivity contribution in [2.24, 2.45) is 5.41 Å². The Balaban J connectivity index is 2.03. The highest BCUT2D eigenvalue weighted by atomic mass is 16.4. The molecule has 0 bridgehead atoms. The average Bonchev–Trinajstić information content (AvgIpc) is 2.70. The number of nitrogens with zero attached hydrogens (tertiary/aromatic N) is 1. The second-order valence-corrected chi connectivity index (χ2v) is 5.69. The Bertz CT molecular complexity index is 418. The number of rotatable bonds is 4. The van der Waals surface area contributed by atoms with Crippen LogP contribution in [0.25, 0.3) is 0 Å². The molecule has 0 radical (unpaired) electrons. The van der Waals surface area contributed by atoms with Crippen LogP contribution in [0.3, 0.4) is 0 Å². The molecule has 1 heterocycles. The molecule has 18 heavy (non-hydrogen) atoms. The van der Waals surface area contributed by atoms with Crippen LogP contribution in [0.4, 0.5) is 0 Å². The van der Waals surface area contributed by atoms with Crippen molar-refractivity contribution in [2.45, 2.75) is 32.7 Å². The average molecular weight is 247 g/mol. The Labute approximate surface area is 108 Å². The summed E-state index contributed by atoms with van der Waals surface area (Å²) >= 11 is 0. The Morgan fingerprint density at radius 3 is 2.72 bits per heavy atom. The lowest BCUT2D eigenvalue weighted by Gasteiger charge is -2.27. The summed E-state index contributed by atoms with van der Waals surface area (Å²) in [7, 11) is 0. The molecule has 1 aromatic carbocycles. The molecule has 0 spiro atoms. The first kappa shape index (κ1) is 13.1. The topological polar surface area (TPSA) is 40.5 Å². The molecule has 1 aliphatic heterocycles. The highest BCUT2D eigenvalue weighted by Crippen LogP contribution is 2.37. The molecule has 2 rings (SSSR count). The molecular weight excluding hydrogens is 226 g/mol. The Morgan fingerprint density at radius 1 is 1.44 bits per heavy atom. The van der Waals surface area contributed by atoms with E-state index in [4.69, 9.17) is 5.11 Å². The lowest BCUT2D eigenvalue weighted by molar-refractivity contribution is -0.139. The van der Waals surface area contributed by atoms with E-state index < -0.39 is 5.97 Å². The number of carboxylic acids is 1. The maximum atomic E-state index is 10.9. The van der Waals surface area contributed by atoms with E-state index in [1.54, 1.807) is 0 Å². The maximum absolute atomic E-state index is 10.9. The molecule has 1 aliphatic rings. The van der Waals surface area contributed by atoms with E-state index in [1.807, 2.05) is 6.07 Å². The molecule has 0 aromatic heterocycles. The van der Waals surface area contributed by atoms with Gasteiger partial charge in [0.15, 0.2) is 0 Å². The molecule has 2 unspecified atom stereocenters. The quantitative estimate of drug-likeness (QED) is 0.889. The standard InChI is InChI=1S/C15H21NO2/c1-12(13-6-4-3-5-7-13)16-9-8-15(2,11-16)10-14(17)18/h3-7,12H,8-11H2,1-2H3,(H,17,18). The third-order valence-electron chi connectivity index (χ3n) is 4.00. The first-order valence-corrected chi connectivity index (χ1v) is 6.51. The summed E-state index contributed by atoms with van der Waals surface area (Å²) in [4.78, 5) is 13.3. The molecule has 0 aliphatic carbocycles. The van der Waals surface area contributed by atoms with Crippen molar-refractivity contribution < 1.29 is 9.90 Å². The van der Waals surface area contributed by atoms with E-state index in [9.17, 15) is 4.79 Å². The third kappa shape index (κ3) is 2.91. The van der Waals surface area contributed by atoms with Gasteiger partial charge < -0.3 is 5.11 Å². The summed E-state index contributed by atoms with van der Waals surface area (Å²) in [6, 6.07) is 10.8. The Morgan fingerprint density at radius 2 is 2.11 bits per heavy atom. The Hall–Kier alpha value is -1.35. The minimum absolute atomic E-state index is 0.0745. The zero-order valence-electron chi connectivity index (χ0n) is 11.1. The molecule has 1 fully saturated rings. The third-order valence-corrected chi connectivity index (χ3v) is 4.00. The SMILES string of the molecule is CC(c1ccccc1)N1CCC(C)(CC(=O)O)C1. The largest absolute Gasteiger partial charge is 0.481 e. The molecule has 1 saturated heterocycles. The molecule has 1 aromatic rings. The predicted molar refractivity (Wildman–Crippen MR) is 71.4 cm³/mol.